The third-order valence-corrected chi connectivity index (χ3v) is 5.85. The second-order valence-corrected chi connectivity index (χ2v) is 7.51. The summed E-state index contributed by atoms with van der Waals surface area (Å²) in [7, 11) is 1.61. The molecule has 0 aliphatic carbocycles. The molecule has 4 atom stereocenters. The molecule has 2 aliphatic rings. The van der Waals surface area contributed by atoms with Gasteiger partial charge in [0.15, 0.2) is 11.5 Å². The second-order valence-electron chi connectivity index (χ2n) is 7.51. The highest BCUT2D eigenvalue weighted by molar-refractivity contribution is 5.86. The van der Waals surface area contributed by atoms with Gasteiger partial charge in [0, 0.05) is 25.1 Å². The van der Waals surface area contributed by atoms with Gasteiger partial charge in [-0.25, -0.2) is 10.9 Å². The Morgan fingerprint density at radius 3 is 2.57 bits per heavy atom. The first-order valence-corrected chi connectivity index (χ1v) is 10.1. The lowest BCUT2D eigenvalue weighted by atomic mass is 9.83. The Bertz CT molecular complexity index is 921. The van der Waals surface area contributed by atoms with Gasteiger partial charge >= 0.3 is 0 Å². The van der Waals surface area contributed by atoms with Crippen LogP contribution >= 0.6 is 0 Å². The summed E-state index contributed by atoms with van der Waals surface area (Å²) in [6, 6.07) is 11.3. The molecule has 2 aliphatic heterocycles. The number of hydrogen-bond donors (Lipinski definition) is 4. The summed E-state index contributed by atoms with van der Waals surface area (Å²) >= 11 is 0. The second kappa shape index (κ2) is 8.51. The van der Waals surface area contributed by atoms with E-state index in [4.69, 9.17) is 9.47 Å². The van der Waals surface area contributed by atoms with Crippen LogP contribution in [-0.2, 0) is 9.53 Å². The maximum absolute atomic E-state index is 13.2. The fourth-order valence-corrected chi connectivity index (χ4v) is 4.54. The first-order valence-electron chi connectivity index (χ1n) is 10.1. The molecular formula is C22H27N3O5. The molecule has 1 amide bonds. The third kappa shape index (κ3) is 3.47. The lowest BCUT2D eigenvalue weighted by Crippen LogP contribution is -2.42. The maximum Gasteiger partial charge on any atom is 0.242 e. The van der Waals surface area contributed by atoms with Crippen LogP contribution in [-0.4, -0.2) is 53.9 Å². The van der Waals surface area contributed by atoms with Crippen molar-refractivity contribution in [3.63, 3.8) is 0 Å². The summed E-state index contributed by atoms with van der Waals surface area (Å²) in [5.41, 5.74) is 7.92. The standard InChI is InChI=1S/C22H27N3O5/c1-3-30-17-12-13(8-9-16(17)27)21-18-19(14-6-4-5-7-15(14)26)23-24-20(18)22(28)25(21)10-11-29-2/h4-9,12,18-21,23-24,26-27H,3,10-11H2,1-2H3. The molecule has 2 aromatic carbocycles. The zero-order valence-electron chi connectivity index (χ0n) is 17.0. The number of carbonyl (C=O) groups is 1. The number of fused-ring (bicyclic) bond motifs is 1. The van der Waals surface area contributed by atoms with Crippen molar-refractivity contribution in [3.8, 4) is 17.2 Å². The van der Waals surface area contributed by atoms with Gasteiger partial charge in [-0.05, 0) is 30.7 Å². The minimum absolute atomic E-state index is 0.0292. The van der Waals surface area contributed by atoms with Gasteiger partial charge in [-0.1, -0.05) is 24.3 Å². The number of para-hydroxylation sites is 1. The molecule has 0 bridgehead atoms. The van der Waals surface area contributed by atoms with Crippen molar-refractivity contribution < 1.29 is 24.5 Å². The number of amides is 1. The Kier molecular flexibility index (Phi) is 5.80. The van der Waals surface area contributed by atoms with Crippen molar-refractivity contribution in [3.05, 3.63) is 53.6 Å². The first-order chi connectivity index (χ1) is 14.6. The minimum atomic E-state index is -0.444. The Balaban J connectivity index is 1.78. The highest BCUT2D eigenvalue weighted by Crippen LogP contribution is 2.49. The highest BCUT2D eigenvalue weighted by Gasteiger charge is 2.55. The number of rotatable bonds is 7. The number of nitrogens with zero attached hydrogens (tertiary/aromatic N) is 1. The number of carbonyl (C=O) groups excluding carboxylic acids is 1. The first kappa shape index (κ1) is 20.5. The van der Waals surface area contributed by atoms with E-state index in [9.17, 15) is 15.0 Å². The van der Waals surface area contributed by atoms with Gasteiger partial charge in [-0.15, -0.1) is 0 Å². The molecule has 0 radical (unpaired) electrons. The Labute approximate surface area is 175 Å². The van der Waals surface area contributed by atoms with Crippen LogP contribution in [0.1, 0.15) is 30.1 Å². The SMILES string of the molecule is CCOc1cc(C2C3C(NNC3c3ccccc3O)C(=O)N2CCOC)ccc1O. The van der Waals surface area contributed by atoms with Crippen molar-refractivity contribution in [2.24, 2.45) is 5.92 Å². The quantitative estimate of drug-likeness (QED) is 0.549. The average Bonchev–Trinajstić information content (AvgIpc) is 3.28. The van der Waals surface area contributed by atoms with Crippen LogP contribution in [0.25, 0.3) is 0 Å². The predicted molar refractivity (Wildman–Crippen MR) is 110 cm³/mol. The molecular weight excluding hydrogens is 386 g/mol. The summed E-state index contributed by atoms with van der Waals surface area (Å²) in [5.74, 6) is 0.417. The Morgan fingerprint density at radius 2 is 1.83 bits per heavy atom. The third-order valence-electron chi connectivity index (χ3n) is 5.85. The normalized spacial score (nSPS) is 25.5. The van der Waals surface area contributed by atoms with Gasteiger partial charge in [-0.2, -0.15) is 0 Å². The van der Waals surface area contributed by atoms with Crippen LogP contribution in [0, 0.1) is 5.92 Å². The molecule has 2 fully saturated rings. The highest BCUT2D eigenvalue weighted by atomic mass is 16.5. The molecule has 160 valence electrons. The van der Waals surface area contributed by atoms with Crippen LogP contribution in [0.15, 0.2) is 42.5 Å². The molecule has 0 saturated carbocycles. The fraction of sp³-hybridized carbons (Fsp3) is 0.409. The maximum atomic E-state index is 13.2. The van der Waals surface area contributed by atoms with Crippen LogP contribution in [0.4, 0.5) is 0 Å². The number of hydrogen-bond acceptors (Lipinski definition) is 7. The summed E-state index contributed by atoms with van der Waals surface area (Å²) in [6.45, 7) is 3.12. The number of likely N-dealkylation sites (tertiary alicyclic amines) is 1. The van der Waals surface area contributed by atoms with Gasteiger partial charge in [0.05, 0.1) is 25.3 Å². The van der Waals surface area contributed by atoms with Gasteiger partial charge < -0.3 is 24.6 Å². The lowest BCUT2D eigenvalue weighted by molar-refractivity contribution is -0.131. The Hall–Kier alpha value is -2.81. The number of benzene rings is 2. The van der Waals surface area contributed by atoms with Gasteiger partial charge in [0.2, 0.25) is 5.91 Å². The number of phenolic OH excluding ortho intramolecular Hbond substituents is 2. The molecule has 8 heteroatoms. The van der Waals surface area contributed by atoms with Crippen molar-refractivity contribution >= 4 is 5.91 Å². The van der Waals surface area contributed by atoms with Crippen molar-refractivity contribution in [1.29, 1.82) is 0 Å². The molecule has 8 nitrogen and oxygen atoms in total. The number of methoxy groups -OCH3 is 1. The molecule has 4 N–H and O–H groups in total. The average molecular weight is 413 g/mol. The number of nitrogens with one attached hydrogen (secondary N) is 2. The molecule has 0 spiro atoms. The summed E-state index contributed by atoms with van der Waals surface area (Å²) in [4.78, 5) is 15.0. The largest absolute Gasteiger partial charge is 0.508 e. The van der Waals surface area contributed by atoms with Crippen molar-refractivity contribution in [2.75, 3.05) is 26.9 Å². The van der Waals surface area contributed by atoms with Crippen molar-refractivity contribution in [1.82, 2.24) is 15.8 Å². The lowest BCUT2D eigenvalue weighted by Gasteiger charge is -2.31. The molecule has 2 saturated heterocycles. The number of hydrazine groups is 1. The fourth-order valence-electron chi connectivity index (χ4n) is 4.54. The van der Waals surface area contributed by atoms with E-state index < -0.39 is 6.04 Å². The summed E-state index contributed by atoms with van der Waals surface area (Å²) in [6.07, 6.45) is 0. The molecule has 30 heavy (non-hydrogen) atoms. The van der Waals surface area contributed by atoms with Gasteiger partial charge in [0.1, 0.15) is 11.8 Å². The minimum Gasteiger partial charge on any atom is -0.508 e. The predicted octanol–water partition coefficient (Wildman–Crippen LogP) is 1.86. The molecule has 4 unspecified atom stereocenters. The van der Waals surface area contributed by atoms with Crippen LogP contribution in [0.2, 0.25) is 0 Å². The van der Waals surface area contributed by atoms with Crippen LogP contribution in [0.3, 0.4) is 0 Å². The zero-order chi connectivity index (χ0) is 21.3. The topological polar surface area (TPSA) is 103 Å². The monoisotopic (exact) mass is 413 g/mol. The van der Waals surface area contributed by atoms with E-state index in [1.807, 2.05) is 30.0 Å². The van der Waals surface area contributed by atoms with E-state index in [1.165, 1.54) is 0 Å². The van der Waals surface area contributed by atoms with Crippen LogP contribution in [0.5, 0.6) is 17.2 Å². The molecule has 2 aromatic rings. The van der Waals surface area contributed by atoms with E-state index >= 15 is 0 Å². The number of aromatic hydroxyl groups is 2. The molecule has 2 heterocycles. The van der Waals surface area contributed by atoms with E-state index in [1.54, 1.807) is 31.4 Å². The smallest absolute Gasteiger partial charge is 0.242 e. The van der Waals surface area contributed by atoms with E-state index in [-0.39, 0.29) is 35.4 Å². The molecule has 4 rings (SSSR count). The summed E-state index contributed by atoms with van der Waals surface area (Å²) < 4.78 is 10.8. The number of ether oxygens (including phenoxy) is 2. The van der Waals surface area contributed by atoms with Crippen LogP contribution < -0.4 is 15.6 Å². The van der Waals surface area contributed by atoms with Crippen molar-refractivity contribution in [2.45, 2.75) is 25.0 Å². The van der Waals surface area contributed by atoms with Gasteiger partial charge in [0.25, 0.3) is 0 Å². The van der Waals surface area contributed by atoms with E-state index in [0.29, 0.717) is 25.5 Å². The summed E-state index contributed by atoms with van der Waals surface area (Å²) in [5, 5.41) is 20.6. The van der Waals surface area contributed by atoms with E-state index in [0.717, 1.165) is 11.1 Å². The number of phenols is 2. The zero-order valence-corrected chi connectivity index (χ0v) is 17.0. The van der Waals surface area contributed by atoms with Gasteiger partial charge in [-0.3, -0.25) is 4.79 Å². The Morgan fingerprint density at radius 1 is 1.07 bits per heavy atom. The molecule has 0 aromatic heterocycles. The van der Waals surface area contributed by atoms with E-state index in [2.05, 4.69) is 10.9 Å².